The highest BCUT2D eigenvalue weighted by Crippen LogP contribution is 2.25. The predicted octanol–water partition coefficient (Wildman–Crippen LogP) is 3.55. The second kappa shape index (κ2) is 8.79. The lowest BCUT2D eigenvalue weighted by Crippen LogP contribution is -2.25. The quantitative estimate of drug-likeness (QED) is 0.580. The van der Waals surface area contributed by atoms with Gasteiger partial charge in [0.05, 0.1) is 25.3 Å². The number of carbonyl (C=O) groups is 2. The van der Waals surface area contributed by atoms with Crippen molar-refractivity contribution in [2.75, 3.05) is 13.2 Å². The second-order valence-corrected chi connectivity index (χ2v) is 7.04. The van der Waals surface area contributed by atoms with Gasteiger partial charge in [0.25, 0.3) is 0 Å². The summed E-state index contributed by atoms with van der Waals surface area (Å²) < 4.78 is 5.38. The minimum atomic E-state index is -0.299. The third kappa shape index (κ3) is 4.81. The SMILES string of the molecule is CC1CC=CCC1COC(=O)CCC(=O)N1CCC(c2ccccc2)=N1. The Morgan fingerprint density at radius 3 is 2.69 bits per heavy atom. The van der Waals surface area contributed by atoms with E-state index in [0.29, 0.717) is 25.0 Å². The Bertz CT molecular complexity index is 696. The van der Waals surface area contributed by atoms with Gasteiger partial charge in [-0.2, -0.15) is 5.10 Å². The van der Waals surface area contributed by atoms with Crippen LogP contribution >= 0.6 is 0 Å². The summed E-state index contributed by atoms with van der Waals surface area (Å²) in [5, 5.41) is 5.88. The van der Waals surface area contributed by atoms with Gasteiger partial charge in [0.15, 0.2) is 0 Å². The molecular weight excluding hydrogens is 328 g/mol. The van der Waals surface area contributed by atoms with Gasteiger partial charge in [-0.25, -0.2) is 5.01 Å². The highest BCUT2D eigenvalue weighted by Gasteiger charge is 2.23. The number of allylic oxidation sites excluding steroid dienone is 2. The number of hydrogen-bond acceptors (Lipinski definition) is 4. The number of ether oxygens (including phenoxy) is 1. The molecule has 0 saturated carbocycles. The van der Waals surface area contributed by atoms with Crippen LogP contribution in [-0.4, -0.2) is 35.7 Å². The molecule has 138 valence electrons. The lowest BCUT2D eigenvalue weighted by atomic mass is 9.85. The van der Waals surface area contributed by atoms with Crippen molar-refractivity contribution < 1.29 is 14.3 Å². The highest BCUT2D eigenvalue weighted by atomic mass is 16.5. The van der Waals surface area contributed by atoms with Crippen molar-refractivity contribution in [3.8, 4) is 0 Å². The molecule has 0 aromatic heterocycles. The Balaban J connectivity index is 1.42. The summed E-state index contributed by atoms with van der Waals surface area (Å²) in [6, 6.07) is 9.86. The third-order valence-electron chi connectivity index (χ3n) is 5.12. The fraction of sp³-hybridized carbons (Fsp3) is 0.476. The van der Waals surface area contributed by atoms with E-state index in [2.05, 4.69) is 24.2 Å². The van der Waals surface area contributed by atoms with E-state index < -0.39 is 0 Å². The molecular formula is C21H26N2O3. The lowest BCUT2D eigenvalue weighted by Gasteiger charge is -2.24. The maximum Gasteiger partial charge on any atom is 0.306 e. The molecule has 0 fully saturated rings. The molecule has 0 N–H and O–H groups in total. The number of hydrazone groups is 1. The number of carbonyl (C=O) groups excluding carboxylic acids is 2. The number of rotatable bonds is 6. The number of nitrogens with zero attached hydrogens (tertiary/aromatic N) is 2. The standard InChI is InChI=1S/C21H26N2O3/c1-16-7-5-6-10-18(16)15-26-21(25)12-11-20(24)23-14-13-19(22-23)17-8-3-2-4-9-17/h2-6,8-9,16,18H,7,10-15H2,1H3. The molecule has 1 aromatic carbocycles. The zero-order valence-corrected chi connectivity index (χ0v) is 15.3. The summed E-state index contributed by atoms with van der Waals surface area (Å²) >= 11 is 0. The molecule has 26 heavy (non-hydrogen) atoms. The Hall–Kier alpha value is -2.43. The fourth-order valence-electron chi connectivity index (χ4n) is 3.32. The summed E-state index contributed by atoms with van der Waals surface area (Å²) in [4.78, 5) is 24.2. The smallest absolute Gasteiger partial charge is 0.306 e. The van der Waals surface area contributed by atoms with Gasteiger partial charge in [0.1, 0.15) is 0 Å². The zero-order chi connectivity index (χ0) is 18.4. The van der Waals surface area contributed by atoms with Gasteiger partial charge < -0.3 is 4.74 Å². The maximum absolute atomic E-state index is 12.3. The molecule has 1 aliphatic carbocycles. The normalized spacial score (nSPS) is 22.2. The molecule has 2 unspecified atom stereocenters. The summed E-state index contributed by atoms with van der Waals surface area (Å²) in [7, 11) is 0. The molecule has 1 amide bonds. The average Bonchev–Trinajstić information content (AvgIpc) is 3.16. The number of hydrogen-bond donors (Lipinski definition) is 0. The van der Waals surface area contributed by atoms with Crippen molar-refractivity contribution in [3.05, 3.63) is 48.0 Å². The topological polar surface area (TPSA) is 59.0 Å². The van der Waals surface area contributed by atoms with Crippen molar-refractivity contribution >= 4 is 17.6 Å². The Kier molecular flexibility index (Phi) is 6.21. The van der Waals surface area contributed by atoms with Gasteiger partial charge in [0.2, 0.25) is 5.91 Å². The summed E-state index contributed by atoms with van der Waals surface area (Å²) in [6.45, 7) is 3.20. The maximum atomic E-state index is 12.3. The van der Waals surface area contributed by atoms with E-state index in [9.17, 15) is 9.59 Å². The van der Waals surface area contributed by atoms with Crippen LogP contribution in [0.4, 0.5) is 0 Å². The Morgan fingerprint density at radius 2 is 1.92 bits per heavy atom. The highest BCUT2D eigenvalue weighted by molar-refractivity contribution is 6.02. The molecule has 1 aromatic rings. The fourth-order valence-corrected chi connectivity index (χ4v) is 3.32. The summed E-state index contributed by atoms with van der Waals surface area (Å²) in [5.41, 5.74) is 1.96. The van der Waals surface area contributed by atoms with Gasteiger partial charge in [-0.15, -0.1) is 0 Å². The summed E-state index contributed by atoms with van der Waals surface area (Å²) in [5.74, 6) is 0.495. The van der Waals surface area contributed by atoms with Crippen LogP contribution in [0.1, 0.15) is 44.6 Å². The van der Waals surface area contributed by atoms with Crippen molar-refractivity contribution in [2.45, 2.75) is 39.0 Å². The molecule has 1 heterocycles. The third-order valence-corrected chi connectivity index (χ3v) is 5.12. The van der Waals surface area contributed by atoms with Crippen LogP contribution in [0.3, 0.4) is 0 Å². The van der Waals surface area contributed by atoms with Gasteiger partial charge in [-0.1, -0.05) is 49.4 Å². The van der Waals surface area contributed by atoms with E-state index >= 15 is 0 Å². The lowest BCUT2D eigenvalue weighted by molar-refractivity contribution is -0.147. The number of benzene rings is 1. The number of esters is 1. The summed E-state index contributed by atoms with van der Waals surface area (Å²) in [6.07, 6.45) is 7.33. The largest absolute Gasteiger partial charge is 0.465 e. The molecule has 2 aliphatic rings. The molecule has 3 rings (SSSR count). The van der Waals surface area contributed by atoms with Crippen LogP contribution in [0.15, 0.2) is 47.6 Å². The first-order valence-corrected chi connectivity index (χ1v) is 9.37. The molecule has 0 radical (unpaired) electrons. The van der Waals surface area contributed by atoms with E-state index in [0.717, 1.165) is 30.5 Å². The van der Waals surface area contributed by atoms with E-state index in [1.807, 2.05) is 30.3 Å². The Labute approximate surface area is 154 Å². The molecule has 1 aliphatic heterocycles. The molecule has 5 nitrogen and oxygen atoms in total. The first kappa shape index (κ1) is 18.4. The van der Waals surface area contributed by atoms with Gasteiger partial charge in [-0.3, -0.25) is 9.59 Å². The van der Waals surface area contributed by atoms with Crippen LogP contribution in [0.5, 0.6) is 0 Å². The average molecular weight is 354 g/mol. The zero-order valence-electron chi connectivity index (χ0n) is 15.3. The molecule has 0 saturated heterocycles. The van der Waals surface area contributed by atoms with E-state index in [4.69, 9.17) is 4.74 Å². The van der Waals surface area contributed by atoms with E-state index in [1.165, 1.54) is 5.01 Å². The minimum Gasteiger partial charge on any atom is -0.465 e. The van der Waals surface area contributed by atoms with E-state index in [-0.39, 0.29) is 24.7 Å². The van der Waals surface area contributed by atoms with Gasteiger partial charge >= 0.3 is 5.97 Å². The monoisotopic (exact) mass is 354 g/mol. The van der Waals surface area contributed by atoms with Gasteiger partial charge in [-0.05, 0) is 30.2 Å². The van der Waals surface area contributed by atoms with Gasteiger partial charge in [0, 0.05) is 12.8 Å². The van der Waals surface area contributed by atoms with Crippen LogP contribution in [0, 0.1) is 11.8 Å². The first-order valence-electron chi connectivity index (χ1n) is 9.37. The molecule has 2 atom stereocenters. The van der Waals surface area contributed by atoms with Crippen LogP contribution in [-0.2, 0) is 14.3 Å². The first-order chi connectivity index (χ1) is 12.6. The Morgan fingerprint density at radius 1 is 1.15 bits per heavy atom. The van der Waals surface area contributed by atoms with Crippen LogP contribution in [0.25, 0.3) is 0 Å². The second-order valence-electron chi connectivity index (χ2n) is 7.04. The van der Waals surface area contributed by atoms with Crippen LogP contribution < -0.4 is 0 Å². The van der Waals surface area contributed by atoms with E-state index in [1.54, 1.807) is 0 Å². The number of amides is 1. The van der Waals surface area contributed by atoms with Crippen molar-refractivity contribution in [2.24, 2.45) is 16.9 Å². The molecule has 5 heteroatoms. The predicted molar refractivity (Wildman–Crippen MR) is 101 cm³/mol. The minimum absolute atomic E-state index is 0.114. The van der Waals surface area contributed by atoms with Crippen molar-refractivity contribution in [1.29, 1.82) is 0 Å². The van der Waals surface area contributed by atoms with Crippen molar-refractivity contribution in [1.82, 2.24) is 5.01 Å². The molecule has 0 bridgehead atoms. The van der Waals surface area contributed by atoms with Crippen LogP contribution in [0.2, 0.25) is 0 Å². The molecule has 0 spiro atoms. The van der Waals surface area contributed by atoms with Crippen molar-refractivity contribution in [3.63, 3.8) is 0 Å².